The van der Waals surface area contributed by atoms with E-state index in [2.05, 4.69) is 20.4 Å². The first-order chi connectivity index (χ1) is 11.9. The average molecular weight is 365 g/mol. The fourth-order valence-corrected chi connectivity index (χ4v) is 3.19. The summed E-state index contributed by atoms with van der Waals surface area (Å²) in [6, 6.07) is -0.307. The third-order valence-corrected chi connectivity index (χ3v) is 4.51. The van der Waals surface area contributed by atoms with Crippen LogP contribution in [0.1, 0.15) is 23.3 Å². The van der Waals surface area contributed by atoms with E-state index in [4.69, 9.17) is 11.6 Å². The Morgan fingerprint density at radius 1 is 1.36 bits per heavy atom. The Morgan fingerprint density at radius 2 is 2.16 bits per heavy atom. The number of aliphatic hydroxyl groups is 1. The highest BCUT2D eigenvalue weighted by molar-refractivity contribution is 6.30. The molecule has 25 heavy (non-hydrogen) atoms. The lowest BCUT2D eigenvalue weighted by Crippen LogP contribution is -2.40. The van der Waals surface area contributed by atoms with Crippen molar-refractivity contribution in [1.82, 2.24) is 25.1 Å². The number of anilines is 1. The van der Waals surface area contributed by atoms with E-state index >= 15 is 0 Å². The van der Waals surface area contributed by atoms with Gasteiger partial charge in [0.1, 0.15) is 11.5 Å². The molecule has 1 saturated carbocycles. The largest absolute Gasteiger partial charge is 0.391 e. The number of aliphatic hydroxyl groups excluding tert-OH is 1. The fourth-order valence-electron chi connectivity index (χ4n) is 3.04. The van der Waals surface area contributed by atoms with Crippen LogP contribution in [0.3, 0.4) is 0 Å². The molecule has 8 nitrogen and oxygen atoms in total. The highest BCUT2D eigenvalue weighted by Gasteiger charge is 2.34. The molecule has 2 heterocycles. The molecule has 0 bridgehead atoms. The van der Waals surface area contributed by atoms with Gasteiger partial charge in [-0.15, -0.1) is 0 Å². The Hall–Kier alpha value is -2.19. The molecule has 1 aliphatic carbocycles. The Kier molecular flexibility index (Phi) is 5.19. The number of carbonyl (C=O) groups is 1. The minimum absolute atomic E-state index is 0.221. The highest BCUT2D eigenvalue weighted by Crippen LogP contribution is 2.28. The summed E-state index contributed by atoms with van der Waals surface area (Å²) < 4.78 is 1.76. The van der Waals surface area contributed by atoms with E-state index in [1.165, 1.54) is 6.20 Å². The van der Waals surface area contributed by atoms with Gasteiger partial charge in [-0.1, -0.05) is 11.6 Å². The molecule has 0 radical (unpaired) electrons. The van der Waals surface area contributed by atoms with Crippen LogP contribution in [-0.2, 0) is 6.54 Å². The van der Waals surface area contributed by atoms with Gasteiger partial charge in [0.05, 0.1) is 35.8 Å². The summed E-state index contributed by atoms with van der Waals surface area (Å²) in [5.41, 5.74) is 0.236. The van der Waals surface area contributed by atoms with Gasteiger partial charge in [0.25, 0.3) is 5.91 Å². The maximum Gasteiger partial charge on any atom is 0.271 e. The smallest absolute Gasteiger partial charge is 0.271 e. The summed E-state index contributed by atoms with van der Waals surface area (Å²) in [7, 11) is 3.71. The number of aromatic nitrogens is 4. The molecule has 2 N–H and O–H groups in total. The Labute approximate surface area is 150 Å². The number of hydrogen-bond donors (Lipinski definition) is 2. The number of halogens is 1. The van der Waals surface area contributed by atoms with E-state index in [9.17, 15) is 9.90 Å². The molecule has 1 amide bonds. The maximum absolute atomic E-state index is 12.3. The zero-order valence-corrected chi connectivity index (χ0v) is 14.9. The monoisotopic (exact) mass is 364 g/mol. The Morgan fingerprint density at radius 3 is 2.76 bits per heavy atom. The molecule has 3 rings (SSSR count). The van der Waals surface area contributed by atoms with Crippen LogP contribution in [0.2, 0.25) is 5.02 Å². The van der Waals surface area contributed by atoms with Crippen molar-refractivity contribution in [3.8, 4) is 0 Å². The van der Waals surface area contributed by atoms with Crippen LogP contribution >= 0.6 is 11.6 Å². The highest BCUT2D eigenvalue weighted by atomic mass is 35.5. The predicted octanol–water partition coefficient (Wildman–Crippen LogP) is 0.962. The lowest BCUT2D eigenvalue weighted by atomic mass is 10.1. The fraction of sp³-hybridized carbons (Fsp3) is 0.500. The van der Waals surface area contributed by atoms with Gasteiger partial charge in [0.2, 0.25) is 0 Å². The van der Waals surface area contributed by atoms with E-state index in [0.717, 1.165) is 0 Å². The van der Waals surface area contributed by atoms with E-state index in [0.29, 0.717) is 30.2 Å². The molecule has 1 fully saturated rings. The minimum atomic E-state index is -0.589. The van der Waals surface area contributed by atoms with Crippen LogP contribution in [-0.4, -0.2) is 57.0 Å². The molecule has 0 aliphatic heterocycles. The van der Waals surface area contributed by atoms with E-state index in [1.807, 2.05) is 19.0 Å². The number of rotatable bonds is 5. The number of amides is 1. The minimum Gasteiger partial charge on any atom is -0.391 e. The van der Waals surface area contributed by atoms with Crippen molar-refractivity contribution in [3.05, 3.63) is 35.5 Å². The molecule has 3 atom stereocenters. The SMILES string of the molecule is CN(C)c1cnc(C(=O)N[C@@H]2CC(Cn3cc(Cl)cn3)C[C@H]2O)cn1. The van der Waals surface area contributed by atoms with Crippen molar-refractivity contribution < 1.29 is 9.90 Å². The van der Waals surface area contributed by atoms with Gasteiger partial charge in [-0.25, -0.2) is 9.97 Å². The normalized spacial score (nSPS) is 22.8. The van der Waals surface area contributed by atoms with Gasteiger partial charge >= 0.3 is 0 Å². The molecule has 0 saturated heterocycles. The van der Waals surface area contributed by atoms with Gasteiger partial charge in [-0.2, -0.15) is 5.10 Å². The number of nitrogens with zero attached hydrogens (tertiary/aromatic N) is 5. The first-order valence-corrected chi connectivity index (χ1v) is 8.46. The van der Waals surface area contributed by atoms with Crippen LogP contribution in [0.5, 0.6) is 0 Å². The molecule has 9 heteroatoms. The molecule has 1 aliphatic rings. The summed E-state index contributed by atoms with van der Waals surface area (Å²) in [6.45, 7) is 0.660. The van der Waals surface area contributed by atoms with Crippen molar-refractivity contribution in [2.75, 3.05) is 19.0 Å². The average Bonchev–Trinajstić information content (AvgIpc) is 3.13. The summed E-state index contributed by atoms with van der Waals surface area (Å²) in [6.07, 6.45) is 7.01. The van der Waals surface area contributed by atoms with Gasteiger partial charge in [0.15, 0.2) is 0 Å². The van der Waals surface area contributed by atoms with Crippen molar-refractivity contribution >= 4 is 23.3 Å². The second-order valence-electron chi connectivity index (χ2n) is 6.52. The van der Waals surface area contributed by atoms with Crippen LogP contribution < -0.4 is 10.2 Å². The van der Waals surface area contributed by atoms with Gasteiger partial charge in [-0.3, -0.25) is 9.48 Å². The standard InChI is InChI=1S/C16H21ClN6O2/c1-22(2)15-7-18-13(6-19-15)16(25)21-12-3-10(4-14(12)24)8-23-9-11(17)5-20-23/h5-7,9-10,12,14,24H,3-4,8H2,1-2H3,(H,21,25)/t10?,12-,14-/m1/s1. The van der Waals surface area contributed by atoms with Crippen LogP contribution in [0.25, 0.3) is 0 Å². The zero-order valence-electron chi connectivity index (χ0n) is 14.1. The Bertz CT molecular complexity index is 732. The van der Waals surface area contributed by atoms with Crippen molar-refractivity contribution in [2.24, 2.45) is 5.92 Å². The third-order valence-electron chi connectivity index (χ3n) is 4.32. The Balaban J connectivity index is 1.57. The molecular formula is C16H21ClN6O2. The van der Waals surface area contributed by atoms with Crippen LogP contribution in [0, 0.1) is 5.92 Å². The number of hydrogen-bond acceptors (Lipinski definition) is 6. The molecule has 1 unspecified atom stereocenters. The molecule has 2 aromatic heterocycles. The van der Waals surface area contributed by atoms with Crippen molar-refractivity contribution in [1.29, 1.82) is 0 Å². The molecule has 134 valence electrons. The summed E-state index contributed by atoms with van der Waals surface area (Å²) in [5, 5.41) is 17.8. The van der Waals surface area contributed by atoms with Crippen molar-refractivity contribution in [3.63, 3.8) is 0 Å². The number of carbonyl (C=O) groups excluding carboxylic acids is 1. The lowest BCUT2D eigenvalue weighted by molar-refractivity contribution is 0.0867. The summed E-state index contributed by atoms with van der Waals surface area (Å²) in [4.78, 5) is 22.4. The van der Waals surface area contributed by atoms with Crippen LogP contribution in [0.15, 0.2) is 24.8 Å². The molecule has 0 aromatic carbocycles. The van der Waals surface area contributed by atoms with E-state index in [-0.39, 0.29) is 23.6 Å². The quantitative estimate of drug-likeness (QED) is 0.820. The molecule has 2 aromatic rings. The van der Waals surface area contributed by atoms with E-state index in [1.54, 1.807) is 23.3 Å². The molecule has 0 spiro atoms. The van der Waals surface area contributed by atoms with Crippen LogP contribution in [0.4, 0.5) is 5.82 Å². The topological polar surface area (TPSA) is 96.2 Å². The van der Waals surface area contributed by atoms with Gasteiger partial charge in [-0.05, 0) is 18.8 Å². The summed E-state index contributed by atoms with van der Waals surface area (Å²) >= 11 is 5.86. The van der Waals surface area contributed by atoms with E-state index < -0.39 is 6.10 Å². The summed E-state index contributed by atoms with van der Waals surface area (Å²) in [5.74, 6) is 0.568. The first-order valence-electron chi connectivity index (χ1n) is 8.08. The number of nitrogens with one attached hydrogen (secondary N) is 1. The zero-order chi connectivity index (χ0) is 18.0. The second-order valence-corrected chi connectivity index (χ2v) is 6.96. The third kappa shape index (κ3) is 4.26. The predicted molar refractivity (Wildman–Crippen MR) is 93.6 cm³/mol. The van der Waals surface area contributed by atoms with Gasteiger partial charge < -0.3 is 15.3 Å². The lowest BCUT2D eigenvalue weighted by Gasteiger charge is -2.16. The van der Waals surface area contributed by atoms with Gasteiger partial charge in [0, 0.05) is 26.8 Å². The maximum atomic E-state index is 12.3. The van der Waals surface area contributed by atoms with Crippen molar-refractivity contribution in [2.45, 2.75) is 31.5 Å². The molecular weight excluding hydrogens is 344 g/mol. The second kappa shape index (κ2) is 7.37. The first kappa shape index (κ1) is 17.6.